The van der Waals surface area contributed by atoms with E-state index in [1.54, 1.807) is 37.1 Å². The molecule has 2 aromatic rings. The van der Waals surface area contributed by atoms with Gasteiger partial charge in [-0.3, -0.25) is 9.69 Å². The van der Waals surface area contributed by atoms with E-state index in [9.17, 15) is 24.6 Å². The molecule has 5 aliphatic heterocycles. The Morgan fingerprint density at radius 1 is 0.772 bits per heavy atom. The van der Waals surface area contributed by atoms with Gasteiger partial charge in [0, 0.05) is 84.9 Å². The van der Waals surface area contributed by atoms with E-state index >= 15 is 0 Å². The molecule has 2 bridgehead atoms. The maximum Gasteiger partial charge on any atom is 0.334 e. The largest absolute Gasteiger partial charge is 0.478 e. The quantitative estimate of drug-likeness (QED) is 0.211. The number of fused-ring (bicyclic) bond motifs is 2. The molecule has 11 nitrogen and oxygen atoms in total. The number of allylic oxidation sites excluding steroid dienone is 1. The lowest BCUT2D eigenvalue weighted by molar-refractivity contribution is -0.134. The third-order valence-electron chi connectivity index (χ3n) is 13.6. The minimum atomic E-state index is -1.80. The smallest absolute Gasteiger partial charge is 0.334 e. The summed E-state index contributed by atoms with van der Waals surface area (Å²) >= 11 is 13.7. The lowest BCUT2D eigenvalue weighted by Crippen LogP contribution is -2.56. The molecule has 13 heteroatoms. The number of hydrogen-bond donors (Lipinski definition) is 2. The van der Waals surface area contributed by atoms with Crippen LogP contribution >= 0.6 is 23.2 Å². The fourth-order valence-corrected chi connectivity index (χ4v) is 11.2. The summed E-state index contributed by atoms with van der Waals surface area (Å²) in [7, 11) is 3.92. The Hall–Kier alpha value is -3.45. The predicted molar refractivity (Wildman–Crippen MR) is 221 cm³/mol. The van der Waals surface area contributed by atoms with Gasteiger partial charge in [-0.2, -0.15) is 0 Å². The number of likely N-dealkylation sites (tertiary alicyclic amines) is 1. The van der Waals surface area contributed by atoms with Gasteiger partial charge >= 0.3 is 11.9 Å². The number of benzene rings is 2. The second-order valence-electron chi connectivity index (χ2n) is 16.7. The first kappa shape index (κ1) is 41.7. The van der Waals surface area contributed by atoms with Crippen LogP contribution in [0.15, 0.2) is 65.0 Å². The molecule has 0 spiro atoms. The Kier molecular flexibility index (Phi) is 13.0. The number of halogens is 2. The average molecular weight is 823 g/mol. The average Bonchev–Trinajstić information content (AvgIpc) is 3.76. The molecular weight excluding hydrogens is 765 g/mol. The summed E-state index contributed by atoms with van der Waals surface area (Å²) in [5.74, 6) is -2.81. The van der Waals surface area contributed by atoms with E-state index in [1.165, 1.54) is 25.7 Å². The van der Waals surface area contributed by atoms with E-state index in [4.69, 9.17) is 27.9 Å². The Labute approximate surface area is 346 Å². The summed E-state index contributed by atoms with van der Waals surface area (Å²) in [6, 6.07) is 14.6. The molecule has 4 saturated heterocycles. The summed E-state index contributed by atoms with van der Waals surface area (Å²) in [5.41, 5.74) is 0.689. The Morgan fingerprint density at radius 2 is 1.37 bits per heavy atom. The molecule has 4 fully saturated rings. The summed E-state index contributed by atoms with van der Waals surface area (Å²) in [6.45, 7) is 8.35. The highest BCUT2D eigenvalue weighted by Crippen LogP contribution is 2.52. The molecule has 2 aromatic carbocycles. The van der Waals surface area contributed by atoms with Crippen molar-refractivity contribution in [1.82, 2.24) is 24.5 Å². The van der Waals surface area contributed by atoms with Gasteiger partial charge in [0.2, 0.25) is 5.91 Å². The van der Waals surface area contributed by atoms with Gasteiger partial charge < -0.3 is 34.5 Å². The first-order chi connectivity index (χ1) is 27.4. The van der Waals surface area contributed by atoms with Crippen LogP contribution in [0.1, 0.15) is 75.0 Å². The van der Waals surface area contributed by atoms with Gasteiger partial charge in [0.05, 0.1) is 36.2 Å². The number of nitrogens with zero attached hydrogens (tertiary/aromatic N) is 5. The van der Waals surface area contributed by atoms with Gasteiger partial charge in [0.25, 0.3) is 0 Å². The topological polar surface area (TPSA) is 117 Å². The van der Waals surface area contributed by atoms with Gasteiger partial charge in [-0.15, -0.1) is 0 Å². The molecule has 3 unspecified atom stereocenters. The molecule has 0 aliphatic carbocycles. The zero-order valence-corrected chi connectivity index (χ0v) is 35.0. The van der Waals surface area contributed by atoms with Crippen LogP contribution in [0.25, 0.3) is 0 Å². The number of hydrogen-bond acceptors (Lipinski definition) is 8. The highest BCUT2D eigenvalue weighted by Gasteiger charge is 2.52. The number of piperidine rings is 1. The molecule has 3 atom stereocenters. The number of aryl methyl sites for hydroxylation is 1. The third kappa shape index (κ3) is 8.52. The van der Waals surface area contributed by atoms with Gasteiger partial charge in [-0.05, 0) is 102 Å². The molecular formula is C44H57Cl2N5O6. The number of aliphatic carboxylic acids is 2. The van der Waals surface area contributed by atoms with Crippen LogP contribution in [-0.2, 0) is 37.6 Å². The second kappa shape index (κ2) is 17.8. The van der Waals surface area contributed by atoms with Crippen molar-refractivity contribution < 1.29 is 29.3 Å². The number of carboxylic acid groups (broad SMARTS) is 2. The van der Waals surface area contributed by atoms with Crippen molar-refractivity contribution >= 4 is 41.0 Å². The number of rotatable bonds is 14. The number of carboxylic acids is 2. The standard InChI is InChI=1S/C44H57Cl2N5O6/c1-44(39-34(45)11-8-12-35(39)46)40(42(53)54)36(16-13-29-9-4-5-10-30(29)28-57-24-23-49-17-6-7-18-49)48(3)37(41(44)43(55)56)27-38(52)51-21-19-50(20-22-51)33-25-31-14-15-32(26-33)47(31)2/h4-5,8-12,31-33H,6-7,13-28H2,1-3H3,(H,53,54)(H,55,56). The number of carbonyl (C=O) groups is 3. The van der Waals surface area contributed by atoms with E-state index in [1.807, 2.05) is 29.2 Å². The highest BCUT2D eigenvalue weighted by molar-refractivity contribution is 6.36. The lowest BCUT2D eigenvalue weighted by Gasteiger charge is -2.46. The first-order valence-electron chi connectivity index (χ1n) is 20.6. The fraction of sp³-hybridized carbons (Fsp3) is 0.568. The number of ether oxygens (including phenoxy) is 1. The van der Waals surface area contributed by atoms with Crippen LogP contribution in [0, 0.1) is 0 Å². The molecule has 1 amide bonds. The van der Waals surface area contributed by atoms with Crippen molar-refractivity contribution in [2.45, 2.75) is 94.9 Å². The van der Waals surface area contributed by atoms with Crippen molar-refractivity contribution in [3.63, 3.8) is 0 Å². The highest BCUT2D eigenvalue weighted by atomic mass is 35.5. The van der Waals surface area contributed by atoms with Crippen molar-refractivity contribution in [2.75, 3.05) is 66.5 Å². The number of carbonyl (C=O) groups excluding carboxylic acids is 1. The molecule has 0 radical (unpaired) electrons. The second-order valence-corrected chi connectivity index (χ2v) is 17.5. The monoisotopic (exact) mass is 821 g/mol. The van der Waals surface area contributed by atoms with Crippen LogP contribution in [0.2, 0.25) is 10.0 Å². The predicted octanol–water partition coefficient (Wildman–Crippen LogP) is 6.28. The molecule has 0 aromatic heterocycles. The molecule has 7 rings (SSSR count). The van der Waals surface area contributed by atoms with E-state index in [0.717, 1.165) is 56.7 Å². The SMILES string of the molecule is CN1C(CCc2ccccc2COCCN2CCCC2)=C(C(=O)O)C(C)(c2c(Cl)cccc2Cl)C(C(=O)O)=C1CC(=O)N1CCN(C2CC3CCC(C2)N3C)CC1. The number of piperazine rings is 1. The fourth-order valence-electron chi connectivity index (χ4n) is 10.4. The summed E-state index contributed by atoms with van der Waals surface area (Å²) in [4.78, 5) is 52.4. The lowest BCUT2D eigenvalue weighted by atomic mass is 9.66. The van der Waals surface area contributed by atoms with Crippen LogP contribution in [0.3, 0.4) is 0 Å². The van der Waals surface area contributed by atoms with Gasteiger partial charge in [0.1, 0.15) is 0 Å². The molecule has 57 heavy (non-hydrogen) atoms. The molecule has 2 N–H and O–H groups in total. The van der Waals surface area contributed by atoms with Crippen molar-refractivity contribution in [1.29, 1.82) is 0 Å². The van der Waals surface area contributed by atoms with Crippen molar-refractivity contribution in [2.24, 2.45) is 0 Å². The van der Waals surface area contributed by atoms with Gasteiger partial charge in [-0.1, -0.05) is 53.5 Å². The van der Waals surface area contributed by atoms with Gasteiger partial charge in [-0.25, -0.2) is 9.59 Å². The van der Waals surface area contributed by atoms with Crippen LogP contribution in [-0.4, -0.2) is 137 Å². The molecule has 0 saturated carbocycles. The minimum absolute atomic E-state index is 0.131. The Bertz CT molecular complexity index is 1870. The van der Waals surface area contributed by atoms with Crippen molar-refractivity contribution in [3.05, 3.63) is 91.7 Å². The van der Waals surface area contributed by atoms with E-state index in [2.05, 4.69) is 21.7 Å². The summed E-state index contributed by atoms with van der Waals surface area (Å²) in [5, 5.41) is 22.4. The van der Waals surface area contributed by atoms with Crippen LogP contribution in [0.5, 0.6) is 0 Å². The summed E-state index contributed by atoms with van der Waals surface area (Å²) < 4.78 is 6.12. The zero-order valence-electron chi connectivity index (χ0n) is 33.5. The normalized spacial score (nSPS) is 26.2. The maximum absolute atomic E-state index is 14.3. The van der Waals surface area contributed by atoms with E-state index in [-0.39, 0.29) is 51.2 Å². The minimum Gasteiger partial charge on any atom is -0.478 e. The van der Waals surface area contributed by atoms with Crippen molar-refractivity contribution in [3.8, 4) is 0 Å². The zero-order chi connectivity index (χ0) is 40.4. The molecule has 5 aliphatic rings. The van der Waals surface area contributed by atoms with Gasteiger partial charge in [0.15, 0.2) is 0 Å². The van der Waals surface area contributed by atoms with E-state index in [0.29, 0.717) is 56.5 Å². The Balaban J connectivity index is 1.16. The first-order valence-corrected chi connectivity index (χ1v) is 21.4. The summed E-state index contributed by atoms with van der Waals surface area (Å²) in [6.07, 6.45) is 7.76. The van der Waals surface area contributed by atoms with Crippen LogP contribution in [0.4, 0.5) is 0 Å². The maximum atomic E-state index is 14.3. The third-order valence-corrected chi connectivity index (χ3v) is 14.2. The molecule has 308 valence electrons. The number of amides is 1. The molecule has 5 heterocycles. The Morgan fingerprint density at radius 3 is 1.98 bits per heavy atom. The van der Waals surface area contributed by atoms with Crippen LogP contribution < -0.4 is 0 Å². The van der Waals surface area contributed by atoms with E-state index < -0.39 is 17.4 Å².